The van der Waals surface area contributed by atoms with Gasteiger partial charge in [0.15, 0.2) is 6.61 Å². The third-order valence-corrected chi connectivity index (χ3v) is 7.73. The normalized spacial score (nSPS) is 17.1. The van der Waals surface area contributed by atoms with Crippen LogP contribution in [-0.4, -0.2) is 51.3 Å². The highest BCUT2D eigenvalue weighted by molar-refractivity contribution is 7.89. The van der Waals surface area contributed by atoms with Crippen molar-refractivity contribution < 1.29 is 27.5 Å². The van der Waals surface area contributed by atoms with Gasteiger partial charge in [-0.15, -0.1) is 0 Å². The zero-order chi connectivity index (χ0) is 22.9. The van der Waals surface area contributed by atoms with Crippen LogP contribution in [0.25, 0.3) is 0 Å². The van der Waals surface area contributed by atoms with E-state index in [0.717, 1.165) is 0 Å². The second-order valence-electron chi connectivity index (χ2n) is 7.85. The topological polar surface area (TPSA) is 114 Å². The summed E-state index contributed by atoms with van der Waals surface area (Å²) < 4.78 is 38.5. The van der Waals surface area contributed by atoms with E-state index in [4.69, 9.17) is 9.47 Å². The van der Waals surface area contributed by atoms with Crippen LogP contribution in [-0.2, 0) is 19.6 Å². The molecule has 0 bridgehead atoms. The zero-order valence-electron chi connectivity index (χ0n) is 17.9. The van der Waals surface area contributed by atoms with E-state index in [1.807, 2.05) is 0 Å². The molecule has 2 heterocycles. The molecule has 1 saturated heterocycles. The molecule has 0 saturated carbocycles. The number of anilines is 2. The first-order valence-electron chi connectivity index (χ1n) is 10.3. The molecule has 0 aliphatic carbocycles. The summed E-state index contributed by atoms with van der Waals surface area (Å²) in [4.78, 5) is 24.3. The number of benzene rings is 2. The second kappa shape index (κ2) is 8.79. The van der Waals surface area contributed by atoms with Gasteiger partial charge in [0.2, 0.25) is 15.9 Å². The van der Waals surface area contributed by atoms with E-state index in [1.165, 1.54) is 10.4 Å². The highest BCUT2D eigenvalue weighted by Crippen LogP contribution is 2.35. The smallest absolute Gasteiger partial charge is 0.262 e. The van der Waals surface area contributed by atoms with Gasteiger partial charge in [0.05, 0.1) is 17.7 Å². The first-order valence-corrected chi connectivity index (χ1v) is 11.7. The van der Waals surface area contributed by atoms with E-state index < -0.39 is 10.0 Å². The van der Waals surface area contributed by atoms with Crippen LogP contribution in [0.4, 0.5) is 11.4 Å². The number of rotatable bonds is 5. The number of ether oxygens (including phenoxy) is 2. The number of amides is 2. The van der Waals surface area contributed by atoms with E-state index in [1.54, 1.807) is 44.4 Å². The van der Waals surface area contributed by atoms with E-state index in [9.17, 15) is 18.0 Å². The summed E-state index contributed by atoms with van der Waals surface area (Å²) in [6.45, 7) is 2.02. The number of sulfonamides is 1. The van der Waals surface area contributed by atoms with Crippen LogP contribution in [0.2, 0.25) is 0 Å². The van der Waals surface area contributed by atoms with Crippen molar-refractivity contribution in [2.75, 3.05) is 37.4 Å². The van der Waals surface area contributed by atoms with Crippen molar-refractivity contribution >= 4 is 33.2 Å². The summed E-state index contributed by atoms with van der Waals surface area (Å²) in [5, 5.41) is 5.56. The first kappa shape index (κ1) is 22.1. The number of hydrogen-bond acceptors (Lipinski definition) is 6. The highest BCUT2D eigenvalue weighted by Gasteiger charge is 2.34. The number of piperidine rings is 1. The summed E-state index contributed by atoms with van der Waals surface area (Å²) in [5.41, 5.74) is 1.62. The number of methoxy groups -OCH3 is 1. The standard InChI is InChI=1S/C22H25N3O6S/c1-14-10-18-19(31-13-21(26)24-18)12-20(14)32(28,29)25-8-6-15(7-9-25)22(27)23-16-4-3-5-17(11-16)30-2/h3-5,10-12,15H,6-9,13H2,1-2H3,(H,23,27)(H,24,26). The van der Waals surface area contributed by atoms with Crippen LogP contribution in [0, 0.1) is 12.8 Å². The number of nitrogens with one attached hydrogen (secondary N) is 2. The van der Waals surface area contributed by atoms with Crippen molar-refractivity contribution in [3.8, 4) is 11.5 Å². The quantitative estimate of drug-likeness (QED) is 0.710. The molecule has 2 amide bonds. The average Bonchev–Trinajstić information content (AvgIpc) is 2.78. The lowest BCUT2D eigenvalue weighted by atomic mass is 9.97. The SMILES string of the molecule is COc1cccc(NC(=O)C2CCN(S(=O)(=O)c3cc4c(cc3C)NC(=O)CO4)CC2)c1. The van der Waals surface area contributed by atoms with E-state index in [2.05, 4.69) is 10.6 Å². The minimum Gasteiger partial charge on any atom is -0.497 e. The Morgan fingerprint density at radius 1 is 1.22 bits per heavy atom. The van der Waals surface area contributed by atoms with Crippen molar-refractivity contribution in [1.82, 2.24) is 4.31 Å². The van der Waals surface area contributed by atoms with Crippen LogP contribution in [0.1, 0.15) is 18.4 Å². The third-order valence-electron chi connectivity index (χ3n) is 5.69. The van der Waals surface area contributed by atoms with Crippen molar-refractivity contribution in [3.05, 3.63) is 42.0 Å². The number of nitrogens with zero attached hydrogens (tertiary/aromatic N) is 1. The fraction of sp³-hybridized carbons (Fsp3) is 0.364. The third kappa shape index (κ3) is 4.42. The molecule has 2 aliphatic heterocycles. The van der Waals surface area contributed by atoms with Crippen molar-refractivity contribution in [1.29, 1.82) is 0 Å². The van der Waals surface area contributed by atoms with Crippen LogP contribution < -0.4 is 20.1 Å². The molecule has 2 N–H and O–H groups in total. The molecule has 0 atom stereocenters. The van der Waals surface area contributed by atoms with Crippen LogP contribution in [0.15, 0.2) is 41.3 Å². The molecule has 0 radical (unpaired) electrons. The molecule has 0 unspecified atom stereocenters. The van der Waals surface area contributed by atoms with Crippen LogP contribution in [0.5, 0.6) is 11.5 Å². The first-order chi connectivity index (χ1) is 15.3. The predicted molar refractivity (Wildman–Crippen MR) is 118 cm³/mol. The summed E-state index contributed by atoms with van der Waals surface area (Å²) in [6, 6.07) is 10.2. The molecule has 170 valence electrons. The number of carbonyl (C=O) groups is 2. The Labute approximate surface area is 186 Å². The van der Waals surface area contributed by atoms with Gasteiger partial charge < -0.3 is 20.1 Å². The molecule has 0 spiro atoms. The predicted octanol–water partition coefficient (Wildman–Crippen LogP) is 2.37. The zero-order valence-corrected chi connectivity index (χ0v) is 18.7. The largest absolute Gasteiger partial charge is 0.497 e. The second-order valence-corrected chi connectivity index (χ2v) is 9.76. The van der Waals surface area contributed by atoms with Gasteiger partial charge in [-0.05, 0) is 43.5 Å². The van der Waals surface area contributed by atoms with Crippen molar-refractivity contribution in [2.24, 2.45) is 5.92 Å². The van der Waals surface area contributed by atoms with Crippen molar-refractivity contribution in [3.63, 3.8) is 0 Å². The number of aryl methyl sites for hydroxylation is 1. The maximum atomic E-state index is 13.3. The van der Waals surface area contributed by atoms with Gasteiger partial charge in [-0.2, -0.15) is 4.31 Å². The van der Waals surface area contributed by atoms with Gasteiger partial charge in [0.1, 0.15) is 11.5 Å². The summed E-state index contributed by atoms with van der Waals surface area (Å²) in [5.74, 6) is 0.288. The summed E-state index contributed by atoms with van der Waals surface area (Å²) >= 11 is 0. The van der Waals surface area contributed by atoms with Gasteiger partial charge in [-0.25, -0.2) is 8.42 Å². The molecule has 1 fully saturated rings. The molecular formula is C22H25N3O6S. The molecule has 10 heteroatoms. The maximum Gasteiger partial charge on any atom is 0.262 e. The average molecular weight is 460 g/mol. The number of fused-ring (bicyclic) bond motifs is 1. The van der Waals surface area contributed by atoms with Crippen LogP contribution in [0.3, 0.4) is 0 Å². The Kier molecular flexibility index (Phi) is 6.07. The van der Waals surface area contributed by atoms with Crippen LogP contribution >= 0.6 is 0 Å². The van der Waals surface area contributed by atoms with Gasteiger partial charge in [0, 0.05) is 36.8 Å². The summed E-state index contributed by atoms with van der Waals surface area (Å²) in [6.07, 6.45) is 0.844. The molecule has 0 aromatic heterocycles. The summed E-state index contributed by atoms with van der Waals surface area (Å²) in [7, 11) is -2.21. The molecular weight excluding hydrogens is 434 g/mol. The number of hydrogen-bond donors (Lipinski definition) is 2. The fourth-order valence-electron chi connectivity index (χ4n) is 3.94. The Bertz CT molecular complexity index is 1160. The lowest BCUT2D eigenvalue weighted by Crippen LogP contribution is -2.41. The van der Waals surface area contributed by atoms with E-state index in [0.29, 0.717) is 41.3 Å². The molecule has 2 aromatic rings. The van der Waals surface area contributed by atoms with Gasteiger partial charge in [-0.3, -0.25) is 9.59 Å². The molecule has 9 nitrogen and oxygen atoms in total. The lowest BCUT2D eigenvalue weighted by molar-refractivity contribution is -0.121. The minimum absolute atomic E-state index is 0.135. The molecule has 32 heavy (non-hydrogen) atoms. The highest BCUT2D eigenvalue weighted by atomic mass is 32.2. The van der Waals surface area contributed by atoms with Crippen molar-refractivity contribution in [2.45, 2.75) is 24.7 Å². The van der Waals surface area contributed by atoms with E-state index >= 15 is 0 Å². The van der Waals surface area contributed by atoms with E-state index in [-0.39, 0.29) is 42.3 Å². The monoisotopic (exact) mass is 459 g/mol. The lowest BCUT2D eigenvalue weighted by Gasteiger charge is -2.31. The minimum atomic E-state index is -3.76. The fourth-order valence-corrected chi connectivity index (χ4v) is 5.63. The Morgan fingerprint density at radius 3 is 2.69 bits per heavy atom. The Balaban J connectivity index is 1.43. The Hall–Kier alpha value is -3.11. The Morgan fingerprint density at radius 2 is 1.97 bits per heavy atom. The van der Waals surface area contributed by atoms with Gasteiger partial charge >= 0.3 is 0 Å². The maximum absolute atomic E-state index is 13.3. The molecule has 2 aliphatic rings. The number of carbonyl (C=O) groups excluding carboxylic acids is 2. The molecule has 2 aromatic carbocycles. The van der Waals surface area contributed by atoms with Gasteiger partial charge in [-0.1, -0.05) is 6.07 Å². The van der Waals surface area contributed by atoms with Gasteiger partial charge in [0.25, 0.3) is 5.91 Å². The molecule has 4 rings (SSSR count).